The zero-order chi connectivity index (χ0) is 11.2. The Bertz CT molecular complexity index is 447. The third-order valence-electron chi connectivity index (χ3n) is 2.12. The highest BCUT2D eigenvalue weighted by molar-refractivity contribution is 6.32. The lowest BCUT2D eigenvalue weighted by Gasteiger charge is -2.06. The Morgan fingerprint density at radius 3 is 2.75 bits per heavy atom. The molecule has 2 heterocycles. The van der Waals surface area contributed by atoms with E-state index in [0.29, 0.717) is 10.8 Å². The van der Waals surface area contributed by atoms with Crippen LogP contribution < -0.4 is 5.32 Å². The van der Waals surface area contributed by atoms with E-state index in [1.165, 1.54) is 11.9 Å². The van der Waals surface area contributed by atoms with Gasteiger partial charge in [-0.15, -0.1) is 0 Å². The molecule has 0 bridgehead atoms. The first kappa shape index (κ1) is 10.8. The van der Waals surface area contributed by atoms with Crippen LogP contribution in [0.5, 0.6) is 0 Å². The molecular weight excluding hydrogens is 224 g/mol. The number of halogens is 1. The molecule has 0 aliphatic heterocycles. The van der Waals surface area contributed by atoms with Crippen molar-refractivity contribution in [3.05, 3.63) is 47.6 Å². The van der Waals surface area contributed by atoms with Crippen molar-refractivity contribution < 1.29 is 0 Å². The maximum Gasteiger partial charge on any atom is 0.148 e. The molecular formula is C11H11ClN4. The summed E-state index contributed by atoms with van der Waals surface area (Å²) in [4.78, 5) is 11.8. The molecule has 82 valence electrons. The number of anilines is 1. The molecule has 0 aliphatic carbocycles. The number of aromatic nitrogens is 3. The number of nitrogens with one attached hydrogen (secondary N) is 1. The smallest absolute Gasteiger partial charge is 0.148 e. The minimum Gasteiger partial charge on any atom is -0.368 e. The molecule has 2 rings (SSSR count). The fourth-order valence-corrected chi connectivity index (χ4v) is 1.49. The molecule has 0 spiro atoms. The Labute approximate surface area is 98.7 Å². The van der Waals surface area contributed by atoms with Crippen molar-refractivity contribution >= 4 is 17.4 Å². The summed E-state index contributed by atoms with van der Waals surface area (Å²) in [5.74, 6) is 0.672. The van der Waals surface area contributed by atoms with Crippen molar-refractivity contribution in [1.29, 1.82) is 0 Å². The van der Waals surface area contributed by atoms with Crippen LogP contribution in [0.1, 0.15) is 5.56 Å². The topological polar surface area (TPSA) is 50.7 Å². The summed E-state index contributed by atoms with van der Waals surface area (Å²) in [6, 6.07) is 3.98. The normalized spacial score (nSPS) is 10.1. The van der Waals surface area contributed by atoms with Crippen LogP contribution in [0.4, 0.5) is 5.82 Å². The van der Waals surface area contributed by atoms with Crippen LogP contribution in [-0.4, -0.2) is 21.5 Å². The van der Waals surface area contributed by atoms with Gasteiger partial charge in [-0.2, -0.15) is 0 Å². The SMILES string of the molecule is Clc1cncnc1NCCc1ccncc1. The maximum absolute atomic E-state index is 5.91. The summed E-state index contributed by atoms with van der Waals surface area (Å²) in [5.41, 5.74) is 1.23. The lowest BCUT2D eigenvalue weighted by molar-refractivity contribution is 0.994. The first-order valence-corrected chi connectivity index (χ1v) is 5.32. The van der Waals surface area contributed by atoms with Crippen molar-refractivity contribution in [2.45, 2.75) is 6.42 Å². The molecule has 0 saturated carbocycles. The summed E-state index contributed by atoms with van der Waals surface area (Å²) in [6.45, 7) is 0.779. The van der Waals surface area contributed by atoms with E-state index in [4.69, 9.17) is 11.6 Å². The summed E-state index contributed by atoms with van der Waals surface area (Å²) in [5, 5.41) is 3.70. The van der Waals surface area contributed by atoms with E-state index in [0.717, 1.165) is 13.0 Å². The lowest BCUT2D eigenvalue weighted by atomic mass is 10.2. The van der Waals surface area contributed by atoms with E-state index in [2.05, 4.69) is 20.3 Å². The van der Waals surface area contributed by atoms with Crippen LogP contribution in [0.2, 0.25) is 5.02 Å². The average molecular weight is 235 g/mol. The van der Waals surface area contributed by atoms with E-state index in [9.17, 15) is 0 Å². The van der Waals surface area contributed by atoms with Gasteiger partial charge in [0, 0.05) is 18.9 Å². The van der Waals surface area contributed by atoms with Crippen molar-refractivity contribution in [2.24, 2.45) is 0 Å². The second-order valence-corrected chi connectivity index (χ2v) is 3.66. The van der Waals surface area contributed by atoms with Gasteiger partial charge in [0.1, 0.15) is 17.2 Å². The Morgan fingerprint density at radius 2 is 2.00 bits per heavy atom. The van der Waals surface area contributed by atoms with E-state index in [-0.39, 0.29) is 0 Å². The number of pyridine rings is 1. The van der Waals surface area contributed by atoms with Crippen molar-refractivity contribution in [3.8, 4) is 0 Å². The van der Waals surface area contributed by atoms with Gasteiger partial charge in [-0.25, -0.2) is 9.97 Å². The summed E-state index contributed by atoms with van der Waals surface area (Å²) in [7, 11) is 0. The summed E-state index contributed by atoms with van der Waals surface area (Å²) in [6.07, 6.45) is 7.52. The van der Waals surface area contributed by atoms with Crippen LogP contribution in [0.25, 0.3) is 0 Å². The van der Waals surface area contributed by atoms with Gasteiger partial charge in [-0.1, -0.05) is 11.6 Å². The third-order valence-corrected chi connectivity index (χ3v) is 2.40. The van der Waals surface area contributed by atoms with E-state index < -0.39 is 0 Å². The van der Waals surface area contributed by atoms with Gasteiger partial charge in [0.05, 0.1) is 6.20 Å². The molecule has 0 radical (unpaired) electrons. The van der Waals surface area contributed by atoms with Crippen molar-refractivity contribution in [1.82, 2.24) is 15.0 Å². The summed E-state index contributed by atoms with van der Waals surface area (Å²) >= 11 is 5.91. The Morgan fingerprint density at radius 1 is 1.19 bits per heavy atom. The largest absolute Gasteiger partial charge is 0.368 e. The first-order valence-electron chi connectivity index (χ1n) is 4.94. The molecule has 0 atom stereocenters. The molecule has 5 heteroatoms. The van der Waals surface area contributed by atoms with Gasteiger partial charge >= 0.3 is 0 Å². The highest BCUT2D eigenvalue weighted by Gasteiger charge is 1.99. The van der Waals surface area contributed by atoms with Crippen LogP contribution in [-0.2, 0) is 6.42 Å². The highest BCUT2D eigenvalue weighted by Crippen LogP contribution is 2.15. The lowest BCUT2D eigenvalue weighted by Crippen LogP contribution is -2.06. The molecule has 2 aromatic heterocycles. The number of hydrogen-bond donors (Lipinski definition) is 1. The zero-order valence-corrected chi connectivity index (χ0v) is 9.35. The maximum atomic E-state index is 5.91. The average Bonchev–Trinajstić information content (AvgIpc) is 2.33. The molecule has 0 amide bonds. The molecule has 16 heavy (non-hydrogen) atoms. The molecule has 0 saturated heterocycles. The number of nitrogens with zero attached hydrogens (tertiary/aromatic N) is 3. The monoisotopic (exact) mass is 234 g/mol. The predicted octanol–water partition coefficient (Wildman–Crippen LogP) is 2.18. The number of rotatable bonds is 4. The van der Waals surface area contributed by atoms with Crippen LogP contribution in [0.3, 0.4) is 0 Å². The quantitative estimate of drug-likeness (QED) is 0.881. The highest BCUT2D eigenvalue weighted by atomic mass is 35.5. The molecule has 4 nitrogen and oxygen atoms in total. The Hall–Kier alpha value is -1.68. The Kier molecular flexibility index (Phi) is 3.66. The van der Waals surface area contributed by atoms with Gasteiger partial charge in [0.2, 0.25) is 0 Å². The fourth-order valence-electron chi connectivity index (χ4n) is 1.32. The van der Waals surface area contributed by atoms with Gasteiger partial charge in [0.15, 0.2) is 0 Å². The van der Waals surface area contributed by atoms with Gasteiger partial charge in [-0.05, 0) is 24.1 Å². The van der Waals surface area contributed by atoms with Gasteiger partial charge in [-0.3, -0.25) is 4.98 Å². The molecule has 2 aromatic rings. The summed E-state index contributed by atoms with van der Waals surface area (Å²) < 4.78 is 0. The van der Waals surface area contributed by atoms with Gasteiger partial charge < -0.3 is 5.32 Å². The predicted molar refractivity (Wildman–Crippen MR) is 63.5 cm³/mol. The van der Waals surface area contributed by atoms with Crippen molar-refractivity contribution in [3.63, 3.8) is 0 Å². The molecule has 0 aromatic carbocycles. The van der Waals surface area contributed by atoms with Crippen LogP contribution >= 0.6 is 11.6 Å². The second kappa shape index (κ2) is 5.42. The number of hydrogen-bond acceptors (Lipinski definition) is 4. The molecule has 0 unspecified atom stereocenters. The molecule has 0 aliphatic rings. The standard InChI is InChI=1S/C11H11ClN4/c12-10-7-14-8-16-11(10)15-6-3-9-1-4-13-5-2-9/h1-2,4-5,7-8H,3,6H2,(H,14,15,16). The second-order valence-electron chi connectivity index (χ2n) is 3.25. The van der Waals surface area contributed by atoms with Crippen LogP contribution in [0, 0.1) is 0 Å². The minimum atomic E-state index is 0.539. The van der Waals surface area contributed by atoms with Gasteiger partial charge in [0.25, 0.3) is 0 Å². The zero-order valence-electron chi connectivity index (χ0n) is 8.60. The first-order chi connectivity index (χ1) is 7.86. The van der Waals surface area contributed by atoms with E-state index >= 15 is 0 Å². The third kappa shape index (κ3) is 2.90. The Balaban J connectivity index is 1.87. The van der Waals surface area contributed by atoms with Crippen molar-refractivity contribution in [2.75, 3.05) is 11.9 Å². The van der Waals surface area contributed by atoms with Crippen LogP contribution in [0.15, 0.2) is 37.1 Å². The minimum absolute atomic E-state index is 0.539. The molecule has 0 fully saturated rings. The fraction of sp³-hybridized carbons (Fsp3) is 0.182. The molecule has 1 N–H and O–H groups in total. The van der Waals surface area contributed by atoms with E-state index in [1.54, 1.807) is 18.6 Å². The van der Waals surface area contributed by atoms with E-state index in [1.807, 2.05) is 12.1 Å².